The van der Waals surface area contributed by atoms with Crippen molar-refractivity contribution in [3.8, 4) is 0 Å². The largest absolute Gasteiger partial charge is 0.279 e. The summed E-state index contributed by atoms with van der Waals surface area (Å²) in [6.07, 6.45) is 0.721. The van der Waals surface area contributed by atoms with Gasteiger partial charge in [-0.3, -0.25) is 5.10 Å². The molecule has 0 atom stereocenters. The van der Waals surface area contributed by atoms with E-state index in [0.29, 0.717) is 5.95 Å². The number of aromatic amines is 1. The van der Waals surface area contributed by atoms with E-state index in [4.69, 9.17) is 0 Å². The topological polar surface area (TPSA) is 53.9 Å². The summed E-state index contributed by atoms with van der Waals surface area (Å²) in [5.41, 5.74) is 1.18. The molecule has 0 bridgehead atoms. The van der Waals surface area contributed by atoms with Crippen molar-refractivity contribution >= 4 is 18.4 Å². The normalized spacial score (nSPS) is 10.0. The highest BCUT2D eigenvalue weighted by molar-refractivity contribution is 7.47. The van der Waals surface area contributed by atoms with E-state index in [0.717, 1.165) is 12.2 Å². The molecule has 70 valence electrons. The Labute approximate surface area is 86.6 Å². The molecule has 5 heteroatoms. The lowest BCUT2D eigenvalue weighted by Crippen LogP contribution is -1.89. The van der Waals surface area contributed by atoms with Crippen LogP contribution in [0.25, 0.3) is 0 Å². The van der Waals surface area contributed by atoms with Gasteiger partial charge in [-0.2, -0.15) is 4.98 Å². The fraction of sp³-hybridized carbons (Fsp3) is 0.111. The first kappa shape index (κ1) is 8.96. The molecule has 0 unspecified atom stereocenters. The third-order valence-electron chi connectivity index (χ3n) is 1.82. The van der Waals surface area contributed by atoms with Gasteiger partial charge in [0.2, 0.25) is 0 Å². The molecule has 0 aliphatic rings. The summed E-state index contributed by atoms with van der Waals surface area (Å²) >= 11 is 4.48. The SMILES string of the molecule is S=Nc1n[nH]c(Cc2ccccc2)n1. The summed E-state index contributed by atoms with van der Waals surface area (Å²) in [4.78, 5) is 4.09. The number of nitrogens with zero attached hydrogens (tertiary/aromatic N) is 3. The zero-order valence-corrected chi connectivity index (χ0v) is 8.16. The van der Waals surface area contributed by atoms with Gasteiger partial charge in [0.05, 0.1) is 0 Å². The van der Waals surface area contributed by atoms with Crippen LogP contribution in [0.4, 0.5) is 5.95 Å². The minimum absolute atomic E-state index is 0.325. The molecule has 0 saturated heterocycles. The van der Waals surface area contributed by atoms with Gasteiger partial charge in [-0.25, -0.2) is 0 Å². The van der Waals surface area contributed by atoms with E-state index < -0.39 is 0 Å². The van der Waals surface area contributed by atoms with Crippen LogP contribution in [0.3, 0.4) is 0 Å². The molecular weight excluding hydrogens is 196 g/mol. The Bertz CT molecular complexity index is 423. The van der Waals surface area contributed by atoms with Crippen LogP contribution in [0.2, 0.25) is 0 Å². The van der Waals surface area contributed by atoms with Crippen LogP contribution >= 0.6 is 0 Å². The number of hydrogen-bond donors (Lipinski definition) is 1. The molecule has 0 fully saturated rings. The lowest BCUT2D eigenvalue weighted by atomic mass is 10.1. The van der Waals surface area contributed by atoms with Crippen LogP contribution in [0.5, 0.6) is 0 Å². The maximum absolute atomic E-state index is 4.48. The molecule has 1 aromatic heterocycles. The van der Waals surface area contributed by atoms with Crippen LogP contribution in [0.15, 0.2) is 34.7 Å². The highest BCUT2D eigenvalue weighted by Crippen LogP contribution is 2.07. The third kappa shape index (κ3) is 2.00. The quantitative estimate of drug-likeness (QED) is 0.828. The highest BCUT2D eigenvalue weighted by atomic mass is 32.1. The molecule has 1 N–H and O–H groups in total. The van der Waals surface area contributed by atoms with Gasteiger partial charge in [-0.1, -0.05) is 30.3 Å². The van der Waals surface area contributed by atoms with E-state index in [1.807, 2.05) is 30.3 Å². The van der Waals surface area contributed by atoms with E-state index in [1.165, 1.54) is 5.56 Å². The molecule has 0 radical (unpaired) electrons. The minimum atomic E-state index is 0.325. The monoisotopic (exact) mass is 204 g/mol. The molecule has 4 nitrogen and oxygen atoms in total. The van der Waals surface area contributed by atoms with Crippen molar-refractivity contribution in [2.24, 2.45) is 4.36 Å². The van der Waals surface area contributed by atoms with Crippen molar-refractivity contribution in [3.63, 3.8) is 0 Å². The lowest BCUT2D eigenvalue weighted by molar-refractivity contribution is 0.972. The second-order valence-corrected chi connectivity index (χ2v) is 3.02. The summed E-state index contributed by atoms with van der Waals surface area (Å²) < 4.78 is 3.46. The molecular formula is C9H8N4S. The standard InChI is InChI=1S/C9H8N4S/c14-13-9-10-8(11-12-9)6-7-4-2-1-3-5-7/h1-5H,6H2,(H,10,11,12). The van der Waals surface area contributed by atoms with Gasteiger partial charge >= 0.3 is 0 Å². The summed E-state index contributed by atoms with van der Waals surface area (Å²) in [5, 5.41) is 6.61. The lowest BCUT2D eigenvalue weighted by Gasteiger charge is -1.95. The Kier molecular flexibility index (Phi) is 2.60. The van der Waals surface area contributed by atoms with E-state index in [-0.39, 0.29) is 0 Å². The van der Waals surface area contributed by atoms with Crippen LogP contribution in [-0.2, 0) is 18.8 Å². The van der Waals surface area contributed by atoms with Crippen LogP contribution in [0, 0.1) is 0 Å². The molecule has 0 aliphatic carbocycles. The second-order valence-electron chi connectivity index (χ2n) is 2.84. The average Bonchev–Trinajstić information content (AvgIpc) is 2.67. The number of H-pyrrole nitrogens is 1. The Morgan fingerprint density at radius 3 is 2.71 bits per heavy atom. The molecule has 1 aromatic carbocycles. The van der Waals surface area contributed by atoms with E-state index in [9.17, 15) is 0 Å². The van der Waals surface area contributed by atoms with Gasteiger partial charge in [0, 0.05) is 18.8 Å². The number of nitrogens with one attached hydrogen (secondary N) is 1. The summed E-state index contributed by atoms with van der Waals surface area (Å²) in [6.45, 7) is 0. The maximum atomic E-state index is 4.48. The Balaban J connectivity index is 2.15. The molecule has 14 heavy (non-hydrogen) atoms. The van der Waals surface area contributed by atoms with Crippen LogP contribution in [0.1, 0.15) is 11.4 Å². The van der Waals surface area contributed by atoms with Crippen molar-refractivity contribution in [1.29, 1.82) is 0 Å². The minimum Gasteiger partial charge on any atom is -0.261 e. The number of hydrogen-bond acceptors (Lipinski definition) is 4. The van der Waals surface area contributed by atoms with E-state index in [2.05, 4.69) is 32.0 Å². The predicted molar refractivity (Wildman–Crippen MR) is 55.1 cm³/mol. The zero-order chi connectivity index (χ0) is 9.80. The smallest absolute Gasteiger partial charge is 0.261 e. The van der Waals surface area contributed by atoms with Crippen molar-refractivity contribution in [2.75, 3.05) is 0 Å². The average molecular weight is 204 g/mol. The van der Waals surface area contributed by atoms with E-state index >= 15 is 0 Å². The van der Waals surface area contributed by atoms with Gasteiger partial charge in [0.1, 0.15) is 5.82 Å². The first-order chi connectivity index (χ1) is 6.88. The molecule has 2 rings (SSSR count). The second kappa shape index (κ2) is 4.06. The van der Waals surface area contributed by atoms with Gasteiger partial charge < -0.3 is 0 Å². The van der Waals surface area contributed by atoms with Gasteiger partial charge in [0.25, 0.3) is 5.95 Å². The summed E-state index contributed by atoms with van der Waals surface area (Å²) in [5.74, 6) is 1.10. The molecule has 0 saturated carbocycles. The molecule has 0 amide bonds. The fourth-order valence-corrected chi connectivity index (χ4v) is 1.28. The van der Waals surface area contributed by atoms with Crippen molar-refractivity contribution in [2.45, 2.75) is 6.42 Å². The molecule has 0 aliphatic heterocycles. The van der Waals surface area contributed by atoms with E-state index in [1.54, 1.807) is 0 Å². The van der Waals surface area contributed by atoms with Crippen molar-refractivity contribution in [1.82, 2.24) is 15.2 Å². The molecule has 1 heterocycles. The molecule has 0 spiro atoms. The van der Waals surface area contributed by atoms with Crippen molar-refractivity contribution < 1.29 is 0 Å². The summed E-state index contributed by atoms with van der Waals surface area (Å²) in [7, 11) is 0. The number of benzene rings is 1. The third-order valence-corrected chi connectivity index (χ3v) is 1.98. The first-order valence-electron chi connectivity index (χ1n) is 4.17. The highest BCUT2D eigenvalue weighted by Gasteiger charge is 2.01. The predicted octanol–water partition coefficient (Wildman–Crippen LogP) is 1.76. The van der Waals surface area contributed by atoms with Crippen molar-refractivity contribution in [3.05, 3.63) is 41.7 Å². The molecule has 2 aromatic rings. The Morgan fingerprint density at radius 1 is 1.29 bits per heavy atom. The first-order valence-corrected chi connectivity index (χ1v) is 4.53. The van der Waals surface area contributed by atoms with Gasteiger partial charge in [-0.05, 0) is 5.56 Å². The Morgan fingerprint density at radius 2 is 2.07 bits per heavy atom. The number of rotatable bonds is 3. The summed E-state index contributed by atoms with van der Waals surface area (Å²) in [6, 6.07) is 10.0. The van der Waals surface area contributed by atoms with Gasteiger partial charge in [0.15, 0.2) is 0 Å². The van der Waals surface area contributed by atoms with Crippen LogP contribution < -0.4 is 0 Å². The van der Waals surface area contributed by atoms with Gasteiger partial charge in [-0.15, -0.1) is 9.46 Å². The zero-order valence-electron chi connectivity index (χ0n) is 7.34. The Hall–Kier alpha value is -1.62. The number of aromatic nitrogens is 3. The van der Waals surface area contributed by atoms with Crippen LogP contribution in [-0.4, -0.2) is 15.2 Å². The fourth-order valence-electron chi connectivity index (χ4n) is 1.19. The maximum Gasteiger partial charge on any atom is 0.279 e.